The Balaban J connectivity index is 1.89. The third-order valence-corrected chi connectivity index (χ3v) is 6.80. The molecule has 0 radical (unpaired) electrons. The molecule has 0 bridgehead atoms. The summed E-state index contributed by atoms with van der Waals surface area (Å²) in [5.74, 6) is 0.430. The monoisotopic (exact) mass is 415 g/mol. The Hall–Kier alpha value is -2.84. The topological polar surface area (TPSA) is 79.0 Å². The van der Waals surface area contributed by atoms with E-state index in [9.17, 15) is 13.2 Å². The molecule has 0 aromatic heterocycles. The summed E-state index contributed by atoms with van der Waals surface area (Å²) in [6, 6.07) is 15.9. The van der Waals surface area contributed by atoms with Gasteiger partial charge in [0.25, 0.3) is 5.91 Å². The molecular formula is C21H25N3O4S. The number of methoxy groups -OCH3 is 1. The van der Waals surface area contributed by atoms with Gasteiger partial charge < -0.3 is 10.1 Å². The van der Waals surface area contributed by atoms with Crippen LogP contribution in [0.2, 0.25) is 0 Å². The minimum atomic E-state index is -3.69. The van der Waals surface area contributed by atoms with Crippen molar-refractivity contribution in [2.24, 2.45) is 0 Å². The van der Waals surface area contributed by atoms with E-state index >= 15 is 0 Å². The summed E-state index contributed by atoms with van der Waals surface area (Å²) in [7, 11) is -0.598. The lowest BCUT2D eigenvalue weighted by Gasteiger charge is -2.38. The molecule has 1 aliphatic rings. The molecule has 3 rings (SSSR count). The van der Waals surface area contributed by atoms with Gasteiger partial charge in [0.05, 0.1) is 18.7 Å². The minimum absolute atomic E-state index is 0.240. The Bertz CT molecular complexity index is 988. The lowest BCUT2D eigenvalue weighted by Crippen LogP contribution is -2.48. The predicted octanol–water partition coefficient (Wildman–Crippen LogP) is 2.45. The zero-order chi connectivity index (χ0) is 21.0. The Kier molecular flexibility index (Phi) is 6.24. The van der Waals surface area contributed by atoms with E-state index in [4.69, 9.17) is 4.74 Å². The van der Waals surface area contributed by atoms with E-state index in [1.165, 1.54) is 21.9 Å². The Morgan fingerprint density at radius 2 is 1.76 bits per heavy atom. The minimum Gasteiger partial charge on any atom is -0.497 e. The molecule has 0 saturated carbocycles. The molecule has 0 fully saturated rings. The van der Waals surface area contributed by atoms with Gasteiger partial charge in [0.1, 0.15) is 5.75 Å². The fraction of sp³-hybridized carbons (Fsp3) is 0.286. The molecule has 8 heteroatoms. The van der Waals surface area contributed by atoms with Crippen LogP contribution in [-0.2, 0) is 21.5 Å². The average Bonchev–Trinajstić information content (AvgIpc) is 2.74. The van der Waals surface area contributed by atoms with Crippen LogP contribution in [0.5, 0.6) is 5.75 Å². The molecular weight excluding hydrogens is 390 g/mol. The standard InChI is InChI=1S/C21H25N3O4S/c1-4-24-15-19(21(25)22-14-16-10-12-18(28-3)13-11-16)20(23(2)29(24,26)27)17-8-6-5-7-9-17/h5-13,15,20H,4,14H2,1-3H3,(H,22,25). The van der Waals surface area contributed by atoms with Crippen molar-refractivity contribution < 1.29 is 17.9 Å². The lowest BCUT2D eigenvalue weighted by atomic mass is 9.98. The molecule has 1 atom stereocenters. The smallest absolute Gasteiger partial charge is 0.304 e. The Labute approximate surface area is 171 Å². The maximum Gasteiger partial charge on any atom is 0.304 e. The van der Waals surface area contributed by atoms with Gasteiger partial charge in [0.2, 0.25) is 0 Å². The van der Waals surface area contributed by atoms with Gasteiger partial charge in [-0.1, -0.05) is 42.5 Å². The number of rotatable bonds is 6. The molecule has 0 aliphatic carbocycles. The first kappa shape index (κ1) is 20.9. The first-order valence-electron chi connectivity index (χ1n) is 9.31. The van der Waals surface area contributed by atoms with Crippen LogP contribution in [-0.4, -0.2) is 43.6 Å². The zero-order valence-electron chi connectivity index (χ0n) is 16.7. The van der Waals surface area contributed by atoms with Crippen molar-refractivity contribution in [3.05, 3.63) is 77.5 Å². The molecule has 1 heterocycles. The number of nitrogens with one attached hydrogen (secondary N) is 1. The average molecular weight is 416 g/mol. The largest absolute Gasteiger partial charge is 0.497 e. The third-order valence-electron chi connectivity index (χ3n) is 4.90. The van der Waals surface area contributed by atoms with Gasteiger partial charge >= 0.3 is 10.2 Å². The molecule has 29 heavy (non-hydrogen) atoms. The second-order valence-corrected chi connectivity index (χ2v) is 8.60. The number of hydrogen-bond acceptors (Lipinski definition) is 4. The van der Waals surface area contributed by atoms with Crippen LogP contribution in [0.3, 0.4) is 0 Å². The summed E-state index contributed by atoms with van der Waals surface area (Å²) in [5, 5.41) is 2.90. The second kappa shape index (κ2) is 8.67. The number of benzene rings is 2. The van der Waals surface area contributed by atoms with Crippen molar-refractivity contribution in [3.63, 3.8) is 0 Å². The van der Waals surface area contributed by atoms with Crippen LogP contribution < -0.4 is 10.1 Å². The van der Waals surface area contributed by atoms with Gasteiger partial charge in [-0.05, 0) is 30.2 Å². The highest BCUT2D eigenvalue weighted by atomic mass is 32.2. The van der Waals surface area contributed by atoms with Crippen molar-refractivity contribution in [1.29, 1.82) is 0 Å². The van der Waals surface area contributed by atoms with Crippen LogP contribution in [0.1, 0.15) is 24.1 Å². The van der Waals surface area contributed by atoms with Crippen LogP contribution >= 0.6 is 0 Å². The molecule has 2 aromatic carbocycles. The maximum absolute atomic E-state index is 13.0. The fourth-order valence-corrected chi connectivity index (χ4v) is 4.68. The highest BCUT2D eigenvalue weighted by Gasteiger charge is 2.40. The summed E-state index contributed by atoms with van der Waals surface area (Å²) in [6.45, 7) is 2.30. The molecule has 2 aromatic rings. The first-order chi connectivity index (χ1) is 13.9. The van der Waals surface area contributed by atoms with E-state index in [0.29, 0.717) is 12.1 Å². The van der Waals surface area contributed by atoms with Gasteiger partial charge in [-0.3, -0.25) is 9.10 Å². The van der Waals surface area contributed by atoms with Crippen molar-refractivity contribution in [2.75, 3.05) is 20.7 Å². The van der Waals surface area contributed by atoms with E-state index in [0.717, 1.165) is 16.9 Å². The second-order valence-electron chi connectivity index (χ2n) is 6.66. The van der Waals surface area contributed by atoms with E-state index in [-0.39, 0.29) is 12.5 Å². The van der Waals surface area contributed by atoms with Crippen LogP contribution in [0.4, 0.5) is 0 Å². The number of amides is 1. The SMILES string of the molecule is CCN1C=C(C(=O)NCc2ccc(OC)cc2)C(c2ccccc2)N(C)S1(=O)=O. The number of carbonyl (C=O) groups excluding carboxylic acids is 1. The lowest BCUT2D eigenvalue weighted by molar-refractivity contribution is -0.118. The molecule has 1 unspecified atom stereocenters. The molecule has 1 amide bonds. The molecule has 1 N–H and O–H groups in total. The summed E-state index contributed by atoms with van der Waals surface area (Å²) in [4.78, 5) is 13.0. The maximum atomic E-state index is 13.0. The van der Waals surface area contributed by atoms with Gasteiger partial charge in [0.15, 0.2) is 0 Å². The Morgan fingerprint density at radius 1 is 1.10 bits per heavy atom. The molecule has 1 aliphatic heterocycles. The highest BCUT2D eigenvalue weighted by Crippen LogP contribution is 2.35. The molecule has 154 valence electrons. The predicted molar refractivity (Wildman–Crippen MR) is 111 cm³/mol. The highest BCUT2D eigenvalue weighted by molar-refractivity contribution is 7.86. The first-order valence-corrected chi connectivity index (χ1v) is 10.7. The van der Waals surface area contributed by atoms with E-state index in [1.807, 2.05) is 54.6 Å². The van der Waals surface area contributed by atoms with E-state index in [2.05, 4.69) is 5.32 Å². The molecule has 0 saturated heterocycles. The van der Waals surface area contributed by atoms with Crippen molar-refractivity contribution in [1.82, 2.24) is 13.9 Å². The van der Waals surface area contributed by atoms with Gasteiger partial charge in [0, 0.05) is 26.3 Å². The van der Waals surface area contributed by atoms with Crippen molar-refractivity contribution >= 4 is 16.1 Å². The summed E-state index contributed by atoms with van der Waals surface area (Å²) < 4.78 is 33.2. The summed E-state index contributed by atoms with van der Waals surface area (Å²) in [5.41, 5.74) is 2.03. The Morgan fingerprint density at radius 3 is 2.34 bits per heavy atom. The normalized spacial score (nSPS) is 18.8. The molecule has 7 nitrogen and oxygen atoms in total. The number of ether oxygens (including phenoxy) is 1. The van der Waals surface area contributed by atoms with Crippen molar-refractivity contribution in [2.45, 2.75) is 19.5 Å². The van der Waals surface area contributed by atoms with Crippen LogP contribution in [0, 0.1) is 0 Å². The number of carbonyl (C=O) groups is 1. The quantitative estimate of drug-likeness (QED) is 0.786. The molecule has 0 spiro atoms. The van der Waals surface area contributed by atoms with E-state index in [1.54, 1.807) is 14.0 Å². The third kappa shape index (κ3) is 4.28. The van der Waals surface area contributed by atoms with Crippen LogP contribution in [0.25, 0.3) is 0 Å². The number of nitrogens with zero attached hydrogens (tertiary/aromatic N) is 2. The van der Waals surface area contributed by atoms with Gasteiger partial charge in [-0.2, -0.15) is 12.7 Å². The van der Waals surface area contributed by atoms with Gasteiger partial charge in [-0.25, -0.2) is 0 Å². The summed E-state index contributed by atoms with van der Waals surface area (Å²) in [6.07, 6.45) is 1.44. The number of likely N-dealkylation sites (N-methyl/N-ethyl adjacent to an activating group) is 1. The van der Waals surface area contributed by atoms with Crippen LogP contribution in [0.15, 0.2) is 66.4 Å². The zero-order valence-corrected chi connectivity index (χ0v) is 17.5. The fourth-order valence-electron chi connectivity index (χ4n) is 3.28. The van der Waals surface area contributed by atoms with Crippen molar-refractivity contribution in [3.8, 4) is 5.75 Å². The van der Waals surface area contributed by atoms with Gasteiger partial charge in [-0.15, -0.1) is 0 Å². The number of hydrogen-bond donors (Lipinski definition) is 1. The van der Waals surface area contributed by atoms with E-state index < -0.39 is 16.3 Å². The summed E-state index contributed by atoms with van der Waals surface area (Å²) >= 11 is 0.